The molecule has 0 spiro atoms. The lowest BCUT2D eigenvalue weighted by Crippen LogP contribution is -1.79. The average molecular weight is 269 g/mol. The highest BCUT2D eigenvalue weighted by Gasteiger charge is 2.11. The van der Waals surface area contributed by atoms with Crippen molar-refractivity contribution in [3.63, 3.8) is 0 Å². The first-order chi connectivity index (χ1) is 9.31. The van der Waals surface area contributed by atoms with E-state index in [-0.39, 0.29) is 5.82 Å². The van der Waals surface area contributed by atoms with Crippen LogP contribution in [0.3, 0.4) is 0 Å². The van der Waals surface area contributed by atoms with Crippen LogP contribution in [0.5, 0.6) is 0 Å². The summed E-state index contributed by atoms with van der Waals surface area (Å²) in [6, 6.07) is 5.58. The molecule has 0 aliphatic carbocycles. The SMILES string of the molecule is Fc1cnc2[nH]cc(-c3cc4ccncc4s3)c2c1. The fourth-order valence-electron chi connectivity index (χ4n) is 2.20. The number of H-pyrrole nitrogens is 1. The summed E-state index contributed by atoms with van der Waals surface area (Å²) >= 11 is 1.64. The summed E-state index contributed by atoms with van der Waals surface area (Å²) < 4.78 is 14.5. The van der Waals surface area contributed by atoms with Crippen molar-refractivity contribution < 1.29 is 4.39 Å². The molecule has 4 heterocycles. The maximum Gasteiger partial charge on any atom is 0.142 e. The molecule has 0 bridgehead atoms. The van der Waals surface area contributed by atoms with E-state index < -0.39 is 0 Å². The fourth-order valence-corrected chi connectivity index (χ4v) is 3.26. The number of nitrogens with zero attached hydrogens (tertiary/aromatic N) is 2. The van der Waals surface area contributed by atoms with Crippen molar-refractivity contribution in [1.82, 2.24) is 15.0 Å². The van der Waals surface area contributed by atoms with Gasteiger partial charge in [-0.25, -0.2) is 9.37 Å². The minimum atomic E-state index is -0.323. The Kier molecular flexibility index (Phi) is 2.16. The second kappa shape index (κ2) is 3.86. The predicted octanol–water partition coefficient (Wildman–Crippen LogP) is 3.98. The van der Waals surface area contributed by atoms with E-state index in [2.05, 4.69) is 21.0 Å². The highest BCUT2D eigenvalue weighted by molar-refractivity contribution is 7.22. The third-order valence-electron chi connectivity index (χ3n) is 3.09. The van der Waals surface area contributed by atoms with Crippen LogP contribution in [0, 0.1) is 5.82 Å². The van der Waals surface area contributed by atoms with Crippen molar-refractivity contribution in [2.75, 3.05) is 0 Å². The Morgan fingerprint density at radius 2 is 2.16 bits per heavy atom. The Balaban J connectivity index is 2.00. The molecule has 0 atom stereocenters. The van der Waals surface area contributed by atoms with E-state index in [9.17, 15) is 4.39 Å². The van der Waals surface area contributed by atoms with Crippen LogP contribution in [0.2, 0.25) is 0 Å². The van der Waals surface area contributed by atoms with Crippen molar-refractivity contribution >= 4 is 32.5 Å². The van der Waals surface area contributed by atoms with Crippen LogP contribution in [-0.2, 0) is 0 Å². The van der Waals surface area contributed by atoms with E-state index >= 15 is 0 Å². The zero-order chi connectivity index (χ0) is 12.8. The van der Waals surface area contributed by atoms with Gasteiger partial charge in [0.05, 0.1) is 10.9 Å². The van der Waals surface area contributed by atoms with E-state index in [1.54, 1.807) is 17.5 Å². The second-order valence-corrected chi connectivity index (χ2v) is 5.36. The standard InChI is InChI=1S/C14H8FN3S/c15-9-4-10-11(6-18-14(10)17-5-9)12-3-8-1-2-16-7-13(8)19-12/h1-7H,(H,17,18). The lowest BCUT2D eigenvalue weighted by molar-refractivity contribution is 0.624. The van der Waals surface area contributed by atoms with E-state index in [0.29, 0.717) is 5.65 Å². The molecule has 0 amide bonds. The summed E-state index contributed by atoms with van der Waals surface area (Å²) in [6.07, 6.45) is 6.71. The van der Waals surface area contributed by atoms with Crippen LogP contribution in [0.4, 0.5) is 4.39 Å². The van der Waals surface area contributed by atoms with E-state index in [1.807, 2.05) is 18.5 Å². The van der Waals surface area contributed by atoms with Gasteiger partial charge in [0.2, 0.25) is 0 Å². The number of nitrogens with one attached hydrogen (secondary N) is 1. The fraction of sp³-hybridized carbons (Fsp3) is 0. The first-order valence-electron chi connectivity index (χ1n) is 5.78. The Labute approximate surface area is 111 Å². The van der Waals surface area contributed by atoms with Crippen LogP contribution < -0.4 is 0 Å². The molecule has 19 heavy (non-hydrogen) atoms. The van der Waals surface area contributed by atoms with Gasteiger partial charge in [-0.05, 0) is 23.6 Å². The van der Waals surface area contributed by atoms with Gasteiger partial charge < -0.3 is 4.98 Å². The number of thiophene rings is 1. The monoisotopic (exact) mass is 269 g/mol. The van der Waals surface area contributed by atoms with Gasteiger partial charge in [0.15, 0.2) is 0 Å². The van der Waals surface area contributed by atoms with Crippen LogP contribution in [-0.4, -0.2) is 15.0 Å². The molecule has 4 aromatic heterocycles. The normalized spacial score (nSPS) is 11.4. The van der Waals surface area contributed by atoms with Crippen molar-refractivity contribution in [3.05, 3.63) is 48.8 Å². The van der Waals surface area contributed by atoms with Gasteiger partial charge in [-0.1, -0.05) is 0 Å². The Morgan fingerprint density at radius 1 is 1.21 bits per heavy atom. The van der Waals surface area contributed by atoms with Gasteiger partial charge >= 0.3 is 0 Å². The number of aromatic amines is 1. The molecule has 1 N–H and O–H groups in total. The largest absolute Gasteiger partial charge is 0.345 e. The van der Waals surface area contributed by atoms with E-state index in [0.717, 1.165) is 25.9 Å². The van der Waals surface area contributed by atoms with Crippen LogP contribution in [0.25, 0.3) is 31.6 Å². The molecule has 3 nitrogen and oxygen atoms in total. The zero-order valence-electron chi connectivity index (χ0n) is 9.72. The summed E-state index contributed by atoms with van der Waals surface area (Å²) in [7, 11) is 0. The molecule has 0 aromatic carbocycles. The molecule has 5 heteroatoms. The summed E-state index contributed by atoms with van der Waals surface area (Å²) in [5, 5.41) is 1.95. The maximum atomic E-state index is 13.3. The van der Waals surface area contributed by atoms with Crippen LogP contribution in [0.1, 0.15) is 0 Å². The molecular weight excluding hydrogens is 261 g/mol. The molecule has 0 unspecified atom stereocenters. The second-order valence-electron chi connectivity index (χ2n) is 4.28. The van der Waals surface area contributed by atoms with E-state index in [4.69, 9.17) is 0 Å². The predicted molar refractivity (Wildman–Crippen MR) is 74.7 cm³/mol. The van der Waals surface area contributed by atoms with Crippen molar-refractivity contribution in [3.8, 4) is 10.4 Å². The van der Waals surface area contributed by atoms with Crippen LogP contribution in [0.15, 0.2) is 43.0 Å². The molecule has 92 valence electrons. The van der Waals surface area contributed by atoms with Gasteiger partial charge in [-0.2, -0.15) is 0 Å². The third-order valence-corrected chi connectivity index (χ3v) is 4.20. The molecule has 4 rings (SSSR count). The summed E-state index contributed by atoms with van der Waals surface area (Å²) in [5.41, 5.74) is 1.68. The molecule has 0 saturated heterocycles. The smallest absolute Gasteiger partial charge is 0.142 e. The number of hydrogen-bond donors (Lipinski definition) is 1. The zero-order valence-corrected chi connectivity index (χ0v) is 10.5. The average Bonchev–Trinajstić information content (AvgIpc) is 3.00. The lowest BCUT2D eigenvalue weighted by atomic mass is 10.2. The number of hydrogen-bond acceptors (Lipinski definition) is 3. The molecule has 0 radical (unpaired) electrons. The van der Waals surface area contributed by atoms with Gasteiger partial charge in [0.1, 0.15) is 11.5 Å². The quantitative estimate of drug-likeness (QED) is 0.568. The highest BCUT2D eigenvalue weighted by atomic mass is 32.1. The summed E-state index contributed by atoms with van der Waals surface area (Å²) in [4.78, 5) is 12.3. The minimum Gasteiger partial charge on any atom is -0.345 e. The van der Waals surface area contributed by atoms with Gasteiger partial charge in [0, 0.05) is 34.4 Å². The summed E-state index contributed by atoms with van der Waals surface area (Å²) in [5.74, 6) is -0.323. The lowest BCUT2D eigenvalue weighted by Gasteiger charge is -1.94. The molecule has 4 aromatic rings. The van der Waals surface area contributed by atoms with Crippen molar-refractivity contribution in [2.45, 2.75) is 0 Å². The topological polar surface area (TPSA) is 41.6 Å². The minimum absolute atomic E-state index is 0.323. The number of halogens is 1. The maximum absolute atomic E-state index is 13.3. The van der Waals surface area contributed by atoms with Crippen LogP contribution >= 0.6 is 11.3 Å². The van der Waals surface area contributed by atoms with Gasteiger partial charge in [0.25, 0.3) is 0 Å². The van der Waals surface area contributed by atoms with Crippen molar-refractivity contribution in [1.29, 1.82) is 0 Å². The Morgan fingerprint density at radius 3 is 3.05 bits per heavy atom. The van der Waals surface area contributed by atoms with Gasteiger partial charge in [-0.3, -0.25) is 4.98 Å². The van der Waals surface area contributed by atoms with Gasteiger partial charge in [-0.15, -0.1) is 11.3 Å². The first-order valence-corrected chi connectivity index (χ1v) is 6.59. The number of pyridine rings is 2. The number of rotatable bonds is 1. The Hall–Kier alpha value is -2.27. The molecule has 0 saturated carbocycles. The first kappa shape index (κ1) is 10.6. The third kappa shape index (κ3) is 1.62. The van der Waals surface area contributed by atoms with Crippen molar-refractivity contribution in [2.24, 2.45) is 0 Å². The Bertz CT molecular complexity index is 861. The highest BCUT2D eigenvalue weighted by Crippen LogP contribution is 2.36. The van der Waals surface area contributed by atoms with E-state index in [1.165, 1.54) is 12.3 Å². The number of aromatic nitrogens is 3. The molecule has 0 aliphatic heterocycles. The number of fused-ring (bicyclic) bond motifs is 2. The molecular formula is C14H8FN3S. The molecule has 0 aliphatic rings. The summed E-state index contributed by atoms with van der Waals surface area (Å²) in [6.45, 7) is 0. The molecule has 0 fully saturated rings.